The van der Waals surface area contributed by atoms with Crippen molar-refractivity contribution in [3.05, 3.63) is 76.2 Å². The highest BCUT2D eigenvalue weighted by Gasteiger charge is 2.20. The molecule has 5 nitrogen and oxygen atoms in total. The monoisotopic (exact) mass is 460 g/mol. The van der Waals surface area contributed by atoms with Gasteiger partial charge in [0, 0.05) is 22.3 Å². The van der Waals surface area contributed by atoms with Crippen molar-refractivity contribution in [1.82, 2.24) is 9.71 Å². The first-order valence-corrected chi connectivity index (χ1v) is 10.2. The summed E-state index contributed by atoms with van der Waals surface area (Å²) in [6.07, 6.45) is 1.14. The molecule has 0 radical (unpaired) electrons. The molecule has 1 atom stereocenters. The van der Waals surface area contributed by atoms with Crippen molar-refractivity contribution in [3.63, 3.8) is 0 Å². The number of hydrogen-bond acceptors (Lipinski definition) is 4. The zero-order valence-corrected chi connectivity index (χ0v) is 18.5. The molecule has 0 bridgehead atoms. The van der Waals surface area contributed by atoms with E-state index >= 15 is 0 Å². The van der Waals surface area contributed by atoms with E-state index in [0.717, 1.165) is 16.8 Å². The number of rotatable bonds is 6. The van der Waals surface area contributed by atoms with Gasteiger partial charge in [0.1, 0.15) is 11.3 Å². The minimum atomic E-state index is -0.593. The van der Waals surface area contributed by atoms with Crippen LogP contribution in [0.2, 0.25) is 10.0 Å². The number of hydrogen-bond donors (Lipinski definition) is 0. The predicted molar refractivity (Wildman–Crippen MR) is 120 cm³/mol. The Balaban J connectivity index is 1.69. The number of nitrogens with zero attached hydrogens (tertiary/aromatic N) is 2. The van der Waals surface area contributed by atoms with Crippen LogP contribution in [0.3, 0.4) is 0 Å². The van der Waals surface area contributed by atoms with E-state index in [1.54, 1.807) is 32.1 Å². The SMILES string of the molecule is COc1cccc(-c2ccc3c(ccn3OC(C)c3c(Cl)ccc(F)c3Cl)n2)c1OC. The summed E-state index contributed by atoms with van der Waals surface area (Å²) < 4.78 is 26.4. The van der Waals surface area contributed by atoms with Crippen LogP contribution in [0.5, 0.6) is 11.5 Å². The zero-order chi connectivity index (χ0) is 22.1. The van der Waals surface area contributed by atoms with Crippen LogP contribution < -0.4 is 14.3 Å². The zero-order valence-electron chi connectivity index (χ0n) is 17.0. The second-order valence-corrected chi connectivity index (χ2v) is 7.57. The maximum Gasteiger partial charge on any atom is 0.170 e. The van der Waals surface area contributed by atoms with Crippen LogP contribution >= 0.6 is 23.2 Å². The Morgan fingerprint density at radius 2 is 1.81 bits per heavy atom. The average Bonchev–Trinajstić information content (AvgIpc) is 3.17. The highest BCUT2D eigenvalue weighted by molar-refractivity contribution is 6.36. The molecule has 0 spiro atoms. The maximum absolute atomic E-state index is 13.9. The number of halogens is 3. The topological polar surface area (TPSA) is 45.5 Å². The lowest BCUT2D eigenvalue weighted by Crippen LogP contribution is -2.16. The van der Waals surface area contributed by atoms with Crippen molar-refractivity contribution in [3.8, 4) is 22.8 Å². The highest BCUT2D eigenvalue weighted by atomic mass is 35.5. The Bertz CT molecular complexity index is 1260. The fraction of sp³-hybridized carbons (Fsp3) is 0.174. The Morgan fingerprint density at radius 1 is 1.00 bits per heavy atom. The third kappa shape index (κ3) is 3.89. The van der Waals surface area contributed by atoms with Crippen LogP contribution in [0.25, 0.3) is 22.3 Å². The molecule has 8 heteroatoms. The molecule has 0 aliphatic heterocycles. The molecule has 4 rings (SSSR count). The first kappa shape index (κ1) is 21.3. The van der Waals surface area contributed by atoms with E-state index in [1.807, 2.05) is 36.4 Å². The van der Waals surface area contributed by atoms with E-state index in [4.69, 9.17) is 42.5 Å². The van der Waals surface area contributed by atoms with Crippen molar-refractivity contribution in [2.45, 2.75) is 13.0 Å². The maximum atomic E-state index is 13.9. The molecule has 160 valence electrons. The fourth-order valence-corrected chi connectivity index (χ4v) is 4.14. The van der Waals surface area contributed by atoms with Crippen LogP contribution in [0, 0.1) is 5.82 Å². The number of ether oxygens (including phenoxy) is 2. The van der Waals surface area contributed by atoms with Gasteiger partial charge in [0.15, 0.2) is 17.6 Å². The largest absolute Gasteiger partial charge is 0.493 e. The molecule has 0 N–H and O–H groups in total. The molecule has 2 aromatic heterocycles. The molecule has 0 fully saturated rings. The Hall–Kier alpha value is -2.96. The summed E-state index contributed by atoms with van der Waals surface area (Å²) in [6.45, 7) is 1.75. The first-order valence-electron chi connectivity index (χ1n) is 9.44. The summed E-state index contributed by atoms with van der Waals surface area (Å²) in [4.78, 5) is 10.7. The van der Waals surface area contributed by atoms with Gasteiger partial charge in [-0.05, 0) is 49.4 Å². The minimum Gasteiger partial charge on any atom is -0.493 e. The number of methoxy groups -OCH3 is 2. The van der Waals surface area contributed by atoms with E-state index in [0.29, 0.717) is 27.6 Å². The van der Waals surface area contributed by atoms with Crippen LogP contribution in [-0.4, -0.2) is 23.9 Å². The number of aromatic nitrogens is 2. The Kier molecular flexibility index (Phi) is 5.94. The molecular weight excluding hydrogens is 442 g/mol. The van der Waals surface area contributed by atoms with Gasteiger partial charge >= 0.3 is 0 Å². The summed E-state index contributed by atoms with van der Waals surface area (Å²) in [5.41, 5.74) is 3.37. The summed E-state index contributed by atoms with van der Waals surface area (Å²) in [6, 6.07) is 13.9. The lowest BCUT2D eigenvalue weighted by molar-refractivity contribution is 0.0562. The van der Waals surface area contributed by atoms with Crippen molar-refractivity contribution in [2.75, 3.05) is 14.2 Å². The molecule has 4 aromatic rings. The molecule has 2 heterocycles. The second kappa shape index (κ2) is 8.65. The van der Waals surface area contributed by atoms with Crippen molar-refractivity contribution in [2.24, 2.45) is 0 Å². The normalized spacial score (nSPS) is 12.1. The third-order valence-corrected chi connectivity index (χ3v) is 5.66. The van der Waals surface area contributed by atoms with Crippen LogP contribution in [0.1, 0.15) is 18.6 Å². The number of para-hydroxylation sites is 1. The number of benzene rings is 2. The van der Waals surface area contributed by atoms with Gasteiger partial charge in [-0.2, -0.15) is 4.73 Å². The van der Waals surface area contributed by atoms with Gasteiger partial charge in [0.05, 0.1) is 30.5 Å². The molecule has 0 aliphatic rings. The van der Waals surface area contributed by atoms with Gasteiger partial charge in [0.2, 0.25) is 0 Å². The summed E-state index contributed by atoms with van der Waals surface area (Å²) in [5.74, 6) is 0.685. The van der Waals surface area contributed by atoms with Gasteiger partial charge in [-0.3, -0.25) is 0 Å². The van der Waals surface area contributed by atoms with Gasteiger partial charge < -0.3 is 14.3 Å². The standard InChI is InChI=1S/C23H19Cl2FN2O3/c1-13(21-15(24)7-8-16(26)22(21)25)31-28-12-11-18-19(28)10-9-17(27-18)14-5-4-6-20(29-2)23(14)30-3/h4-13H,1-3H3. The summed E-state index contributed by atoms with van der Waals surface area (Å²) in [5, 5.41) is 0.280. The summed E-state index contributed by atoms with van der Waals surface area (Å²) >= 11 is 12.3. The van der Waals surface area contributed by atoms with Crippen LogP contribution in [0.4, 0.5) is 4.39 Å². The van der Waals surface area contributed by atoms with Crippen molar-refractivity contribution in [1.29, 1.82) is 0 Å². The fourth-order valence-electron chi connectivity index (χ4n) is 3.46. The number of fused-ring (bicyclic) bond motifs is 1. The molecular formula is C23H19Cl2FN2O3. The summed E-state index contributed by atoms with van der Waals surface area (Å²) in [7, 11) is 3.18. The van der Waals surface area contributed by atoms with Crippen molar-refractivity contribution >= 4 is 34.2 Å². The van der Waals surface area contributed by atoms with Crippen LogP contribution in [-0.2, 0) is 0 Å². The van der Waals surface area contributed by atoms with Crippen molar-refractivity contribution < 1.29 is 18.7 Å². The predicted octanol–water partition coefficient (Wildman–Crippen LogP) is 6.36. The minimum absolute atomic E-state index is 0.0537. The highest BCUT2D eigenvalue weighted by Crippen LogP contribution is 2.38. The quantitative estimate of drug-likeness (QED) is 0.314. The average molecular weight is 461 g/mol. The molecule has 0 saturated carbocycles. The van der Waals surface area contributed by atoms with E-state index in [-0.39, 0.29) is 5.02 Å². The van der Waals surface area contributed by atoms with E-state index in [1.165, 1.54) is 12.1 Å². The first-order chi connectivity index (χ1) is 14.9. The third-order valence-electron chi connectivity index (χ3n) is 4.94. The van der Waals surface area contributed by atoms with Gasteiger partial charge in [-0.1, -0.05) is 29.3 Å². The van der Waals surface area contributed by atoms with Gasteiger partial charge in [-0.15, -0.1) is 0 Å². The van der Waals surface area contributed by atoms with Crippen LogP contribution in [0.15, 0.2) is 54.7 Å². The van der Waals surface area contributed by atoms with Gasteiger partial charge in [-0.25, -0.2) is 9.37 Å². The smallest absolute Gasteiger partial charge is 0.170 e. The van der Waals surface area contributed by atoms with E-state index in [2.05, 4.69) is 0 Å². The lowest BCUT2D eigenvalue weighted by Gasteiger charge is -2.18. The van der Waals surface area contributed by atoms with E-state index < -0.39 is 11.9 Å². The Labute approximate surface area is 188 Å². The Morgan fingerprint density at radius 3 is 2.55 bits per heavy atom. The van der Waals surface area contributed by atoms with Gasteiger partial charge in [0.25, 0.3) is 0 Å². The molecule has 2 aromatic carbocycles. The van der Waals surface area contributed by atoms with E-state index in [9.17, 15) is 4.39 Å². The number of pyridine rings is 1. The molecule has 31 heavy (non-hydrogen) atoms. The molecule has 1 unspecified atom stereocenters. The molecule has 0 amide bonds. The second-order valence-electron chi connectivity index (χ2n) is 6.79. The lowest BCUT2D eigenvalue weighted by atomic mass is 10.1. The molecule has 0 saturated heterocycles. The molecule has 0 aliphatic carbocycles.